The molecular formula is C23H36O5Si. The fraction of sp³-hybridized carbons (Fsp3) is 0.739. The summed E-state index contributed by atoms with van der Waals surface area (Å²) in [6.07, 6.45) is 4.42. The van der Waals surface area contributed by atoms with Crippen molar-refractivity contribution in [2.75, 3.05) is 7.11 Å². The molecule has 0 amide bonds. The van der Waals surface area contributed by atoms with Crippen molar-refractivity contribution in [1.29, 1.82) is 0 Å². The summed E-state index contributed by atoms with van der Waals surface area (Å²) in [5.41, 5.74) is -0.109. The van der Waals surface area contributed by atoms with E-state index in [9.17, 15) is 9.59 Å². The number of methoxy groups -OCH3 is 1. The third-order valence-corrected chi connectivity index (χ3v) is 12.8. The van der Waals surface area contributed by atoms with Gasteiger partial charge in [-0.15, -0.1) is 0 Å². The predicted octanol–water partition coefficient (Wildman–Crippen LogP) is 4.64. The summed E-state index contributed by atoms with van der Waals surface area (Å²) in [4.78, 5) is 25.3. The summed E-state index contributed by atoms with van der Waals surface area (Å²) < 4.78 is 17.9. The van der Waals surface area contributed by atoms with Crippen LogP contribution in [0.1, 0.15) is 47.5 Å². The smallest absolute Gasteiger partial charge is 0.316 e. The highest BCUT2D eigenvalue weighted by Gasteiger charge is 2.68. The lowest BCUT2D eigenvalue weighted by atomic mass is 9.48. The second-order valence-electron chi connectivity index (χ2n) is 9.43. The molecule has 1 aliphatic heterocycles. The summed E-state index contributed by atoms with van der Waals surface area (Å²) in [6, 6.07) is 3.02. The zero-order valence-electron chi connectivity index (χ0n) is 18.7. The van der Waals surface area contributed by atoms with Gasteiger partial charge < -0.3 is 13.9 Å². The zero-order valence-corrected chi connectivity index (χ0v) is 19.7. The van der Waals surface area contributed by atoms with Gasteiger partial charge in [0.1, 0.15) is 12.2 Å². The minimum atomic E-state index is -1.98. The van der Waals surface area contributed by atoms with Crippen LogP contribution in [0.3, 0.4) is 0 Å². The van der Waals surface area contributed by atoms with E-state index in [1.165, 1.54) is 7.11 Å². The third kappa shape index (κ3) is 3.23. The number of carbonyl (C=O) groups excluding carboxylic acids is 2. The van der Waals surface area contributed by atoms with Crippen molar-refractivity contribution >= 4 is 20.3 Å². The zero-order chi connectivity index (χ0) is 21.6. The second-order valence-corrected chi connectivity index (χ2v) is 14.2. The maximum Gasteiger partial charge on any atom is 0.316 e. The van der Waals surface area contributed by atoms with Crippen molar-refractivity contribution < 1.29 is 23.5 Å². The molecule has 1 saturated heterocycles. The largest absolute Gasteiger partial charge is 0.469 e. The van der Waals surface area contributed by atoms with Crippen LogP contribution in [0, 0.1) is 22.7 Å². The van der Waals surface area contributed by atoms with Crippen molar-refractivity contribution in [2.24, 2.45) is 22.7 Å². The van der Waals surface area contributed by atoms with E-state index in [4.69, 9.17) is 13.9 Å². The molecule has 0 aromatic carbocycles. The molecule has 29 heavy (non-hydrogen) atoms. The summed E-state index contributed by atoms with van der Waals surface area (Å²) in [7, 11) is -0.558. The van der Waals surface area contributed by atoms with E-state index in [1.54, 1.807) is 0 Å². The maximum atomic E-state index is 13.0. The van der Waals surface area contributed by atoms with E-state index in [-0.39, 0.29) is 47.8 Å². The Bertz CT molecular complexity index is 719. The molecule has 1 saturated carbocycles. The summed E-state index contributed by atoms with van der Waals surface area (Å²) in [5.74, 6) is -0.597. The molecule has 5 nitrogen and oxygen atoms in total. The first-order valence-electron chi connectivity index (χ1n) is 10.9. The minimum absolute atomic E-state index is 0.0464. The molecule has 0 bridgehead atoms. The Morgan fingerprint density at radius 2 is 1.90 bits per heavy atom. The van der Waals surface area contributed by atoms with Crippen LogP contribution in [0.25, 0.3) is 0 Å². The van der Waals surface area contributed by atoms with Crippen LogP contribution in [0.4, 0.5) is 0 Å². The van der Waals surface area contributed by atoms with Crippen molar-refractivity contribution in [3.05, 3.63) is 24.3 Å². The Morgan fingerprint density at radius 3 is 2.45 bits per heavy atom. The molecule has 162 valence electrons. The molecule has 0 aromatic rings. The molecule has 0 aromatic heterocycles. The lowest BCUT2D eigenvalue weighted by Gasteiger charge is -2.56. The molecule has 1 heterocycles. The van der Waals surface area contributed by atoms with Gasteiger partial charge in [0, 0.05) is 5.92 Å². The van der Waals surface area contributed by atoms with Gasteiger partial charge in [-0.3, -0.25) is 9.59 Å². The number of hydrogen-bond acceptors (Lipinski definition) is 5. The summed E-state index contributed by atoms with van der Waals surface area (Å²) in [5, 5.41) is 0. The molecule has 6 heteroatoms. The minimum Gasteiger partial charge on any atom is -0.469 e. The van der Waals surface area contributed by atoms with Crippen LogP contribution in [0.2, 0.25) is 18.1 Å². The molecule has 2 aliphatic carbocycles. The molecule has 1 unspecified atom stereocenters. The third-order valence-electron chi connectivity index (χ3n) is 8.21. The van der Waals surface area contributed by atoms with Crippen LogP contribution in [-0.4, -0.2) is 39.6 Å². The standard InChI is InChI=1S/C23H36O5Si/c1-8-29(9-2,10-3)28-18-15(4)16(14-17(24)26-7)22(5)12-11-13-23(6)20(22)19(18)27-21(23)25/h11,13,16,18-20H,4,8-10,12,14H2,1-3,5-7H3/t16-,18?,19-,20+,22+,23+/m0/s1. The second kappa shape index (κ2) is 7.69. The van der Waals surface area contributed by atoms with Crippen LogP contribution < -0.4 is 0 Å². The average Bonchev–Trinajstić information content (AvgIpc) is 2.98. The lowest BCUT2D eigenvalue weighted by molar-refractivity contribution is -0.150. The van der Waals surface area contributed by atoms with Gasteiger partial charge in [-0.2, -0.15) is 0 Å². The van der Waals surface area contributed by atoms with Crippen LogP contribution in [0.15, 0.2) is 24.3 Å². The van der Waals surface area contributed by atoms with E-state index in [1.807, 2.05) is 13.0 Å². The number of rotatable bonds is 7. The number of allylic oxidation sites excluding steroid dienone is 1. The number of ether oxygens (including phenoxy) is 2. The monoisotopic (exact) mass is 420 g/mol. The van der Waals surface area contributed by atoms with Gasteiger partial charge >= 0.3 is 11.9 Å². The van der Waals surface area contributed by atoms with Gasteiger partial charge in [0.15, 0.2) is 8.32 Å². The lowest BCUT2D eigenvalue weighted by Crippen LogP contribution is -2.59. The highest BCUT2D eigenvalue weighted by molar-refractivity contribution is 6.73. The number of hydrogen-bond donors (Lipinski definition) is 0. The van der Waals surface area contributed by atoms with E-state index in [2.05, 4.69) is 40.3 Å². The van der Waals surface area contributed by atoms with Crippen molar-refractivity contribution in [3.8, 4) is 0 Å². The number of esters is 2. The van der Waals surface area contributed by atoms with Crippen molar-refractivity contribution in [3.63, 3.8) is 0 Å². The molecule has 0 radical (unpaired) electrons. The summed E-state index contributed by atoms with van der Waals surface area (Å²) >= 11 is 0. The van der Waals surface area contributed by atoms with Crippen LogP contribution in [0.5, 0.6) is 0 Å². The van der Waals surface area contributed by atoms with E-state index < -0.39 is 13.7 Å². The number of carbonyl (C=O) groups is 2. The fourth-order valence-corrected chi connectivity index (χ4v) is 8.98. The molecule has 3 aliphatic rings. The normalized spacial score (nSPS) is 38.6. The highest BCUT2D eigenvalue weighted by atomic mass is 28.4. The fourth-order valence-electron chi connectivity index (χ4n) is 6.16. The van der Waals surface area contributed by atoms with Gasteiger partial charge in [0.05, 0.1) is 18.9 Å². The Morgan fingerprint density at radius 1 is 1.28 bits per heavy atom. The van der Waals surface area contributed by atoms with Gasteiger partial charge in [-0.1, -0.05) is 46.4 Å². The van der Waals surface area contributed by atoms with Gasteiger partial charge in [-0.05, 0) is 48.4 Å². The average molecular weight is 421 g/mol. The molecule has 6 atom stereocenters. The van der Waals surface area contributed by atoms with Gasteiger partial charge in [-0.25, -0.2) is 0 Å². The first-order chi connectivity index (χ1) is 13.6. The molecule has 0 N–H and O–H groups in total. The Kier molecular flexibility index (Phi) is 5.91. The van der Waals surface area contributed by atoms with Crippen LogP contribution >= 0.6 is 0 Å². The SMILES string of the molecule is C=C1C(O[Si](CC)(CC)CC)[C@@H]2OC(=O)[C@]3(C)C=CC[C@@](C)([C@@H]23)[C@H]1CC(=O)OC. The van der Waals surface area contributed by atoms with Gasteiger partial charge in [0.25, 0.3) is 0 Å². The van der Waals surface area contributed by atoms with Gasteiger partial charge in [0.2, 0.25) is 0 Å². The predicted molar refractivity (Wildman–Crippen MR) is 115 cm³/mol. The maximum absolute atomic E-state index is 13.0. The van der Waals surface area contributed by atoms with E-state index in [0.717, 1.165) is 30.1 Å². The highest BCUT2D eigenvalue weighted by Crippen LogP contribution is 2.64. The first kappa shape index (κ1) is 22.3. The molecule has 0 spiro atoms. The van der Waals surface area contributed by atoms with Crippen molar-refractivity contribution in [2.45, 2.75) is 77.8 Å². The molecule has 3 rings (SSSR count). The molecular weight excluding hydrogens is 384 g/mol. The summed E-state index contributed by atoms with van der Waals surface area (Å²) in [6.45, 7) is 15.1. The van der Waals surface area contributed by atoms with Crippen LogP contribution in [-0.2, 0) is 23.5 Å². The van der Waals surface area contributed by atoms with Crippen molar-refractivity contribution in [1.82, 2.24) is 0 Å². The first-order valence-corrected chi connectivity index (χ1v) is 13.5. The Labute approximate surface area is 176 Å². The Balaban J connectivity index is 2.09. The van der Waals surface area contributed by atoms with E-state index in [0.29, 0.717) is 0 Å². The molecule has 2 fully saturated rings. The van der Waals surface area contributed by atoms with E-state index >= 15 is 0 Å². The quantitative estimate of drug-likeness (QED) is 0.341. The Hall–Kier alpha value is -1.40. The topological polar surface area (TPSA) is 61.8 Å².